The maximum absolute atomic E-state index is 10.9. The van der Waals surface area contributed by atoms with Crippen molar-refractivity contribution in [2.24, 2.45) is 5.73 Å². The Bertz CT molecular complexity index is 282. The molecule has 11 heavy (non-hydrogen) atoms. The average Bonchev–Trinajstić information content (AvgIpc) is 2.05. The fourth-order valence-corrected chi connectivity index (χ4v) is 0.554. The lowest BCUT2D eigenvalue weighted by molar-refractivity contribution is 0.105. The van der Waals surface area contributed by atoms with Crippen LogP contribution < -0.4 is 5.73 Å². The molecule has 0 saturated heterocycles. The minimum Gasteiger partial charge on any atom is -0.381 e. The standard InChI is InChI=1S/C6H6N4O/c7-6(8)5(11)4-3-9-1-2-10-4/h1-3H,(H3,7,8). The number of Topliss-reactive ketones (excluding diaryl/α,β-unsaturated/α-hetero) is 1. The van der Waals surface area contributed by atoms with Crippen molar-refractivity contribution in [3.05, 3.63) is 24.3 Å². The Morgan fingerprint density at radius 3 is 2.73 bits per heavy atom. The zero-order chi connectivity index (χ0) is 8.27. The molecule has 0 atom stereocenters. The van der Waals surface area contributed by atoms with Crippen LogP contribution >= 0.6 is 0 Å². The number of aromatic nitrogens is 2. The summed E-state index contributed by atoms with van der Waals surface area (Å²) >= 11 is 0. The van der Waals surface area contributed by atoms with Crippen molar-refractivity contribution >= 4 is 11.6 Å². The molecule has 0 saturated carbocycles. The Balaban J connectivity index is 2.95. The zero-order valence-electron chi connectivity index (χ0n) is 5.61. The van der Waals surface area contributed by atoms with Crippen molar-refractivity contribution in [3.63, 3.8) is 0 Å². The number of amidine groups is 1. The molecule has 1 heterocycles. The predicted octanol–water partition coefficient (Wildman–Crippen LogP) is -0.405. The maximum atomic E-state index is 10.9. The van der Waals surface area contributed by atoms with E-state index in [2.05, 4.69) is 9.97 Å². The molecule has 0 unspecified atom stereocenters. The molecule has 0 aromatic carbocycles. The van der Waals surface area contributed by atoms with Crippen LogP contribution in [0.2, 0.25) is 0 Å². The molecule has 0 amide bonds. The zero-order valence-corrected chi connectivity index (χ0v) is 5.61. The largest absolute Gasteiger partial charge is 0.381 e. The van der Waals surface area contributed by atoms with Crippen molar-refractivity contribution in [2.45, 2.75) is 0 Å². The van der Waals surface area contributed by atoms with E-state index in [9.17, 15) is 4.79 Å². The highest BCUT2D eigenvalue weighted by molar-refractivity contribution is 6.42. The van der Waals surface area contributed by atoms with E-state index >= 15 is 0 Å². The molecule has 3 N–H and O–H groups in total. The summed E-state index contributed by atoms with van der Waals surface area (Å²) in [5, 5.41) is 6.80. The van der Waals surface area contributed by atoms with Gasteiger partial charge in [-0.25, -0.2) is 4.98 Å². The SMILES string of the molecule is N=C(N)C(=O)c1cnccn1. The second kappa shape index (κ2) is 2.87. The third kappa shape index (κ3) is 1.57. The van der Waals surface area contributed by atoms with Crippen molar-refractivity contribution in [1.29, 1.82) is 5.41 Å². The number of nitrogens with one attached hydrogen (secondary N) is 1. The first-order chi connectivity index (χ1) is 5.22. The normalized spacial score (nSPS) is 9.09. The van der Waals surface area contributed by atoms with Crippen LogP contribution in [0.3, 0.4) is 0 Å². The molecule has 0 aliphatic heterocycles. The van der Waals surface area contributed by atoms with Gasteiger partial charge in [0.15, 0.2) is 5.84 Å². The van der Waals surface area contributed by atoms with Crippen molar-refractivity contribution < 1.29 is 4.79 Å². The molecule has 0 bridgehead atoms. The van der Waals surface area contributed by atoms with E-state index in [1.807, 2.05) is 0 Å². The van der Waals surface area contributed by atoms with Crippen LogP contribution in [-0.2, 0) is 0 Å². The quantitative estimate of drug-likeness (QED) is 0.340. The molecule has 1 aromatic heterocycles. The Morgan fingerprint density at radius 2 is 2.27 bits per heavy atom. The Labute approximate surface area is 62.8 Å². The van der Waals surface area contributed by atoms with E-state index in [1.54, 1.807) is 0 Å². The van der Waals surface area contributed by atoms with E-state index in [1.165, 1.54) is 18.6 Å². The second-order valence-electron chi connectivity index (χ2n) is 1.83. The Hall–Kier alpha value is -1.78. The van der Waals surface area contributed by atoms with E-state index in [0.29, 0.717) is 0 Å². The van der Waals surface area contributed by atoms with Crippen molar-refractivity contribution in [1.82, 2.24) is 9.97 Å². The summed E-state index contributed by atoms with van der Waals surface area (Å²) in [7, 11) is 0. The molecule has 0 fully saturated rings. The van der Waals surface area contributed by atoms with Gasteiger partial charge in [-0.2, -0.15) is 0 Å². The number of ketones is 1. The summed E-state index contributed by atoms with van der Waals surface area (Å²) in [6, 6.07) is 0. The summed E-state index contributed by atoms with van der Waals surface area (Å²) in [6.07, 6.45) is 4.08. The highest BCUT2D eigenvalue weighted by atomic mass is 16.1. The summed E-state index contributed by atoms with van der Waals surface area (Å²) in [5.41, 5.74) is 5.03. The first-order valence-corrected chi connectivity index (χ1v) is 2.86. The minimum atomic E-state index is -0.599. The van der Waals surface area contributed by atoms with Gasteiger partial charge < -0.3 is 5.73 Å². The third-order valence-corrected chi connectivity index (χ3v) is 1.04. The van der Waals surface area contributed by atoms with Gasteiger partial charge in [0.25, 0.3) is 0 Å². The number of hydrogen-bond acceptors (Lipinski definition) is 4. The number of nitrogens with zero attached hydrogens (tertiary/aromatic N) is 2. The van der Waals surface area contributed by atoms with Crippen molar-refractivity contribution in [2.75, 3.05) is 0 Å². The molecule has 0 aliphatic rings. The van der Waals surface area contributed by atoms with Crippen molar-refractivity contribution in [3.8, 4) is 0 Å². The van der Waals surface area contributed by atoms with Gasteiger partial charge in [-0.1, -0.05) is 0 Å². The predicted molar refractivity (Wildman–Crippen MR) is 38.3 cm³/mol. The topological polar surface area (TPSA) is 92.7 Å². The van der Waals surface area contributed by atoms with Gasteiger partial charge in [-0.05, 0) is 0 Å². The van der Waals surface area contributed by atoms with Gasteiger partial charge in [0, 0.05) is 12.4 Å². The highest BCUT2D eigenvalue weighted by Crippen LogP contribution is 1.90. The number of rotatable bonds is 2. The van der Waals surface area contributed by atoms with Crippen LogP contribution in [0, 0.1) is 5.41 Å². The Morgan fingerprint density at radius 1 is 1.55 bits per heavy atom. The third-order valence-electron chi connectivity index (χ3n) is 1.04. The van der Waals surface area contributed by atoms with Gasteiger partial charge in [0.2, 0.25) is 5.78 Å². The smallest absolute Gasteiger partial charge is 0.246 e. The molecule has 0 radical (unpaired) electrons. The van der Waals surface area contributed by atoms with Crippen LogP contribution in [-0.4, -0.2) is 21.6 Å². The fourth-order valence-electron chi connectivity index (χ4n) is 0.554. The molecule has 5 heteroatoms. The number of carbonyl (C=O) groups excluding carboxylic acids is 1. The lowest BCUT2D eigenvalue weighted by Crippen LogP contribution is -2.23. The summed E-state index contributed by atoms with van der Waals surface area (Å²) in [6.45, 7) is 0. The first kappa shape index (κ1) is 7.33. The molecule has 1 rings (SSSR count). The van der Waals surface area contributed by atoms with Gasteiger partial charge in [-0.15, -0.1) is 0 Å². The first-order valence-electron chi connectivity index (χ1n) is 2.86. The molecule has 5 nitrogen and oxygen atoms in total. The molecular formula is C6H6N4O. The number of hydrogen-bond donors (Lipinski definition) is 2. The van der Waals surface area contributed by atoms with Crippen LogP contribution in [0.1, 0.15) is 10.5 Å². The fraction of sp³-hybridized carbons (Fsp3) is 0. The highest BCUT2D eigenvalue weighted by Gasteiger charge is 2.08. The Kier molecular flexibility index (Phi) is 1.91. The summed E-state index contributed by atoms with van der Waals surface area (Å²) < 4.78 is 0. The van der Waals surface area contributed by atoms with Crippen LogP contribution in [0.4, 0.5) is 0 Å². The minimum absolute atomic E-state index is 0.0972. The van der Waals surface area contributed by atoms with E-state index in [4.69, 9.17) is 11.1 Å². The number of carbonyl (C=O) groups is 1. The average molecular weight is 150 g/mol. The molecule has 0 aliphatic carbocycles. The van der Waals surface area contributed by atoms with Gasteiger partial charge in [0.1, 0.15) is 5.69 Å². The van der Waals surface area contributed by atoms with Crippen LogP contribution in [0.15, 0.2) is 18.6 Å². The van der Waals surface area contributed by atoms with E-state index in [-0.39, 0.29) is 5.69 Å². The maximum Gasteiger partial charge on any atom is 0.246 e. The molecule has 0 spiro atoms. The lowest BCUT2D eigenvalue weighted by atomic mass is 10.3. The van der Waals surface area contributed by atoms with Gasteiger partial charge >= 0.3 is 0 Å². The van der Waals surface area contributed by atoms with E-state index in [0.717, 1.165) is 0 Å². The molecular weight excluding hydrogens is 144 g/mol. The van der Waals surface area contributed by atoms with E-state index < -0.39 is 11.6 Å². The monoisotopic (exact) mass is 150 g/mol. The molecule has 1 aromatic rings. The molecule has 56 valence electrons. The van der Waals surface area contributed by atoms with Crippen LogP contribution in [0.25, 0.3) is 0 Å². The van der Waals surface area contributed by atoms with Gasteiger partial charge in [-0.3, -0.25) is 15.2 Å². The number of nitrogens with two attached hydrogens (primary N) is 1. The van der Waals surface area contributed by atoms with Gasteiger partial charge in [0.05, 0.1) is 6.20 Å². The summed E-state index contributed by atoms with van der Waals surface area (Å²) in [4.78, 5) is 18.2. The lowest BCUT2D eigenvalue weighted by Gasteiger charge is -1.93. The summed E-state index contributed by atoms with van der Waals surface area (Å²) in [5.74, 6) is -1.12. The second-order valence-corrected chi connectivity index (χ2v) is 1.83. The van der Waals surface area contributed by atoms with Crippen LogP contribution in [0.5, 0.6) is 0 Å².